The van der Waals surface area contributed by atoms with Crippen LogP contribution in [0.3, 0.4) is 0 Å². The number of aliphatic hydroxyl groups excluding tert-OH is 2. The molecule has 1 atom stereocenters. The van der Waals surface area contributed by atoms with Crippen LogP contribution in [0.15, 0.2) is 53.4 Å². The summed E-state index contributed by atoms with van der Waals surface area (Å²) in [5.74, 6) is 1.30. The average Bonchev–Trinajstić information content (AvgIpc) is 2.52. The highest BCUT2D eigenvalue weighted by atomic mass is 32.2. The van der Waals surface area contributed by atoms with E-state index in [1.165, 1.54) is 0 Å². The molecule has 0 aliphatic rings. The van der Waals surface area contributed by atoms with Gasteiger partial charge in [0.25, 0.3) is 0 Å². The number of benzene rings is 2. The van der Waals surface area contributed by atoms with Crippen LogP contribution >= 0.6 is 11.8 Å². The van der Waals surface area contributed by atoms with Gasteiger partial charge in [-0.25, -0.2) is 0 Å². The molecule has 0 amide bonds. The Kier molecular flexibility index (Phi) is 5.47. The SMILES string of the molecule is COc1cccc(C(O)CSc2cccc(CO)c2)c1. The van der Waals surface area contributed by atoms with Gasteiger partial charge in [-0.15, -0.1) is 11.8 Å². The predicted molar refractivity (Wildman–Crippen MR) is 81.0 cm³/mol. The fraction of sp³-hybridized carbons (Fsp3) is 0.250. The molecule has 106 valence electrons. The van der Waals surface area contributed by atoms with E-state index < -0.39 is 6.10 Å². The normalized spacial score (nSPS) is 12.2. The maximum absolute atomic E-state index is 10.2. The van der Waals surface area contributed by atoms with E-state index >= 15 is 0 Å². The van der Waals surface area contributed by atoms with Crippen molar-refractivity contribution in [1.29, 1.82) is 0 Å². The van der Waals surface area contributed by atoms with Gasteiger partial charge >= 0.3 is 0 Å². The molecule has 0 fully saturated rings. The second-order valence-electron chi connectivity index (χ2n) is 4.41. The Morgan fingerprint density at radius 1 is 1.15 bits per heavy atom. The van der Waals surface area contributed by atoms with Gasteiger partial charge in [0.05, 0.1) is 19.8 Å². The lowest BCUT2D eigenvalue weighted by atomic mass is 10.1. The molecule has 0 saturated carbocycles. The smallest absolute Gasteiger partial charge is 0.119 e. The van der Waals surface area contributed by atoms with Crippen LogP contribution in [0.1, 0.15) is 17.2 Å². The zero-order valence-electron chi connectivity index (χ0n) is 11.3. The maximum Gasteiger partial charge on any atom is 0.119 e. The lowest BCUT2D eigenvalue weighted by molar-refractivity contribution is 0.203. The Bertz CT molecular complexity index is 557. The van der Waals surface area contributed by atoms with E-state index in [9.17, 15) is 5.11 Å². The van der Waals surface area contributed by atoms with Gasteiger partial charge in [0.15, 0.2) is 0 Å². The van der Waals surface area contributed by atoms with Gasteiger partial charge in [0.1, 0.15) is 5.75 Å². The molecule has 1 unspecified atom stereocenters. The monoisotopic (exact) mass is 290 g/mol. The summed E-state index contributed by atoms with van der Waals surface area (Å²) in [6.07, 6.45) is -0.548. The van der Waals surface area contributed by atoms with E-state index in [2.05, 4.69) is 0 Å². The van der Waals surface area contributed by atoms with E-state index in [-0.39, 0.29) is 6.61 Å². The second kappa shape index (κ2) is 7.33. The number of hydrogen-bond acceptors (Lipinski definition) is 4. The van der Waals surface area contributed by atoms with E-state index in [4.69, 9.17) is 9.84 Å². The average molecular weight is 290 g/mol. The number of methoxy groups -OCH3 is 1. The minimum atomic E-state index is -0.548. The van der Waals surface area contributed by atoms with Crippen molar-refractivity contribution >= 4 is 11.8 Å². The molecule has 0 heterocycles. The summed E-state index contributed by atoms with van der Waals surface area (Å²) in [4.78, 5) is 1.04. The van der Waals surface area contributed by atoms with Crippen LogP contribution in [0.25, 0.3) is 0 Å². The minimum Gasteiger partial charge on any atom is -0.497 e. The highest BCUT2D eigenvalue weighted by molar-refractivity contribution is 7.99. The van der Waals surface area contributed by atoms with Crippen molar-refractivity contribution in [3.63, 3.8) is 0 Å². The van der Waals surface area contributed by atoms with Crippen LogP contribution in [0.2, 0.25) is 0 Å². The first-order valence-corrected chi connectivity index (χ1v) is 7.36. The molecule has 4 heteroatoms. The molecular weight excluding hydrogens is 272 g/mol. The summed E-state index contributed by atoms with van der Waals surface area (Å²) in [5.41, 5.74) is 1.72. The topological polar surface area (TPSA) is 49.7 Å². The molecule has 0 spiro atoms. The molecule has 0 saturated heterocycles. The Morgan fingerprint density at radius 3 is 2.70 bits per heavy atom. The third kappa shape index (κ3) is 4.00. The first-order valence-electron chi connectivity index (χ1n) is 6.37. The fourth-order valence-electron chi connectivity index (χ4n) is 1.85. The van der Waals surface area contributed by atoms with Gasteiger partial charge in [-0.1, -0.05) is 24.3 Å². The molecule has 20 heavy (non-hydrogen) atoms. The maximum atomic E-state index is 10.2. The standard InChI is InChI=1S/C16H18O3S/c1-19-14-6-3-5-13(9-14)16(18)11-20-15-7-2-4-12(8-15)10-17/h2-9,16-18H,10-11H2,1H3. The zero-order chi connectivity index (χ0) is 14.4. The number of hydrogen-bond donors (Lipinski definition) is 2. The molecule has 2 rings (SSSR count). The summed E-state index contributed by atoms with van der Waals surface area (Å²) >= 11 is 1.56. The summed E-state index contributed by atoms with van der Waals surface area (Å²) in [6, 6.07) is 15.1. The molecule has 2 aromatic carbocycles. The van der Waals surface area contributed by atoms with Crippen molar-refractivity contribution in [3.05, 3.63) is 59.7 Å². The van der Waals surface area contributed by atoms with E-state index in [1.807, 2.05) is 48.5 Å². The quantitative estimate of drug-likeness (QED) is 0.803. The molecule has 3 nitrogen and oxygen atoms in total. The third-order valence-corrected chi connectivity index (χ3v) is 4.04. The minimum absolute atomic E-state index is 0.0346. The molecule has 0 bridgehead atoms. The number of thioether (sulfide) groups is 1. The molecule has 0 aliphatic heterocycles. The van der Waals surface area contributed by atoms with Crippen molar-refractivity contribution in [1.82, 2.24) is 0 Å². The van der Waals surface area contributed by atoms with Gasteiger partial charge in [0.2, 0.25) is 0 Å². The van der Waals surface area contributed by atoms with Gasteiger partial charge in [0, 0.05) is 10.6 Å². The van der Waals surface area contributed by atoms with Crippen LogP contribution in [0.5, 0.6) is 5.75 Å². The number of ether oxygens (including phenoxy) is 1. The van der Waals surface area contributed by atoms with Crippen LogP contribution in [0.4, 0.5) is 0 Å². The Labute approximate surface area is 123 Å². The lowest BCUT2D eigenvalue weighted by Gasteiger charge is -2.12. The molecular formula is C16H18O3S. The van der Waals surface area contributed by atoms with E-state index in [1.54, 1.807) is 18.9 Å². The van der Waals surface area contributed by atoms with Gasteiger partial charge in [-0.3, -0.25) is 0 Å². The van der Waals surface area contributed by atoms with Gasteiger partial charge in [-0.05, 0) is 35.4 Å². The lowest BCUT2D eigenvalue weighted by Crippen LogP contribution is -2.01. The largest absolute Gasteiger partial charge is 0.497 e. The van der Waals surface area contributed by atoms with Crippen molar-refractivity contribution in [2.75, 3.05) is 12.9 Å². The Hall–Kier alpha value is -1.49. The molecule has 0 aliphatic carbocycles. The first-order chi connectivity index (χ1) is 9.72. The van der Waals surface area contributed by atoms with E-state index in [0.717, 1.165) is 21.8 Å². The molecule has 0 radical (unpaired) electrons. The summed E-state index contributed by atoms with van der Waals surface area (Å²) in [5, 5.41) is 19.3. The zero-order valence-corrected chi connectivity index (χ0v) is 12.1. The van der Waals surface area contributed by atoms with Crippen molar-refractivity contribution in [3.8, 4) is 5.75 Å². The van der Waals surface area contributed by atoms with Crippen LogP contribution in [0, 0.1) is 0 Å². The van der Waals surface area contributed by atoms with Crippen molar-refractivity contribution < 1.29 is 14.9 Å². The summed E-state index contributed by atoms with van der Waals surface area (Å²) in [7, 11) is 1.61. The van der Waals surface area contributed by atoms with Crippen molar-refractivity contribution in [2.45, 2.75) is 17.6 Å². The van der Waals surface area contributed by atoms with E-state index in [0.29, 0.717) is 5.75 Å². The molecule has 2 aromatic rings. The van der Waals surface area contributed by atoms with Gasteiger partial charge in [-0.2, -0.15) is 0 Å². The van der Waals surface area contributed by atoms with Crippen LogP contribution < -0.4 is 4.74 Å². The molecule has 0 aromatic heterocycles. The second-order valence-corrected chi connectivity index (χ2v) is 5.50. The summed E-state index contributed by atoms with van der Waals surface area (Å²) < 4.78 is 5.15. The predicted octanol–water partition coefficient (Wildman–Crippen LogP) is 3.01. The number of rotatable bonds is 6. The first kappa shape index (κ1) is 14.9. The molecule has 2 N–H and O–H groups in total. The Morgan fingerprint density at radius 2 is 1.95 bits per heavy atom. The van der Waals surface area contributed by atoms with Crippen LogP contribution in [-0.4, -0.2) is 23.1 Å². The highest BCUT2D eigenvalue weighted by Gasteiger charge is 2.09. The summed E-state index contributed by atoms with van der Waals surface area (Å²) in [6.45, 7) is 0.0346. The van der Waals surface area contributed by atoms with Crippen molar-refractivity contribution in [2.24, 2.45) is 0 Å². The van der Waals surface area contributed by atoms with Gasteiger partial charge < -0.3 is 14.9 Å². The third-order valence-electron chi connectivity index (χ3n) is 2.97. The highest BCUT2D eigenvalue weighted by Crippen LogP contribution is 2.27. The number of aliphatic hydroxyl groups is 2. The van der Waals surface area contributed by atoms with Crippen LogP contribution in [-0.2, 0) is 6.61 Å². The Balaban J connectivity index is 1.98. The fourth-order valence-corrected chi connectivity index (χ4v) is 2.81.